The molecular formula is C10H12F3NO4S. The second-order valence-electron chi connectivity index (χ2n) is 3.50. The Labute approximate surface area is 108 Å². The standard InChI is InChI=1S/C10H12F3NO4S/c11-10(12,13)18-8-3-1-4-9(7-8)19(16,17)14-5-2-6-15/h1,3-4,7,14-15H,2,5-6H2. The molecule has 0 aliphatic carbocycles. The first-order chi connectivity index (χ1) is 8.74. The largest absolute Gasteiger partial charge is 0.573 e. The maximum atomic E-state index is 12.0. The van der Waals surface area contributed by atoms with E-state index in [0.717, 1.165) is 24.3 Å². The van der Waals surface area contributed by atoms with Gasteiger partial charge in [0.05, 0.1) is 4.90 Å². The average molecular weight is 299 g/mol. The summed E-state index contributed by atoms with van der Waals surface area (Å²) in [5, 5.41) is 8.53. The number of nitrogens with one attached hydrogen (secondary N) is 1. The fraction of sp³-hybridized carbons (Fsp3) is 0.400. The molecule has 0 spiro atoms. The van der Waals surface area contributed by atoms with Gasteiger partial charge in [-0.3, -0.25) is 0 Å². The molecule has 2 N–H and O–H groups in total. The highest BCUT2D eigenvalue weighted by Crippen LogP contribution is 2.24. The van der Waals surface area contributed by atoms with E-state index >= 15 is 0 Å². The molecule has 0 saturated heterocycles. The summed E-state index contributed by atoms with van der Waals surface area (Å²) < 4.78 is 65.2. The minimum atomic E-state index is -4.88. The fourth-order valence-corrected chi connectivity index (χ4v) is 2.32. The van der Waals surface area contributed by atoms with E-state index in [1.54, 1.807) is 0 Å². The van der Waals surface area contributed by atoms with Gasteiger partial charge in [-0.05, 0) is 18.6 Å². The monoisotopic (exact) mass is 299 g/mol. The van der Waals surface area contributed by atoms with Gasteiger partial charge in [0, 0.05) is 19.2 Å². The number of sulfonamides is 1. The molecule has 0 radical (unpaired) electrons. The molecule has 0 unspecified atom stereocenters. The molecule has 0 amide bonds. The van der Waals surface area contributed by atoms with E-state index in [1.165, 1.54) is 0 Å². The Morgan fingerprint density at radius 3 is 2.58 bits per heavy atom. The van der Waals surface area contributed by atoms with Crippen molar-refractivity contribution in [2.24, 2.45) is 0 Å². The van der Waals surface area contributed by atoms with E-state index in [9.17, 15) is 21.6 Å². The Hall–Kier alpha value is -1.32. The van der Waals surface area contributed by atoms with E-state index in [4.69, 9.17) is 5.11 Å². The Morgan fingerprint density at radius 1 is 1.32 bits per heavy atom. The Kier molecular flexibility index (Phi) is 5.15. The van der Waals surface area contributed by atoms with Gasteiger partial charge >= 0.3 is 6.36 Å². The van der Waals surface area contributed by atoms with Crippen LogP contribution in [0.5, 0.6) is 5.75 Å². The van der Waals surface area contributed by atoms with Crippen LogP contribution in [0.25, 0.3) is 0 Å². The number of hydrogen-bond acceptors (Lipinski definition) is 4. The van der Waals surface area contributed by atoms with Gasteiger partial charge in [-0.25, -0.2) is 13.1 Å². The molecule has 1 aromatic carbocycles. The molecule has 19 heavy (non-hydrogen) atoms. The van der Waals surface area contributed by atoms with Crippen molar-refractivity contribution in [1.82, 2.24) is 4.72 Å². The van der Waals surface area contributed by atoms with Crippen LogP contribution in [0.4, 0.5) is 13.2 Å². The van der Waals surface area contributed by atoms with E-state index in [2.05, 4.69) is 9.46 Å². The number of alkyl halides is 3. The molecule has 0 atom stereocenters. The van der Waals surface area contributed by atoms with Crippen molar-refractivity contribution in [1.29, 1.82) is 0 Å². The molecule has 0 heterocycles. The average Bonchev–Trinajstić information content (AvgIpc) is 2.27. The fourth-order valence-electron chi connectivity index (χ4n) is 1.21. The van der Waals surface area contributed by atoms with E-state index in [0.29, 0.717) is 0 Å². The summed E-state index contributed by atoms with van der Waals surface area (Å²) in [4.78, 5) is -0.341. The lowest BCUT2D eigenvalue weighted by Crippen LogP contribution is -2.25. The molecule has 0 aliphatic rings. The quantitative estimate of drug-likeness (QED) is 0.775. The smallest absolute Gasteiger partial charge is 0.406 e. The van der Waals surface area contributed by atoms with Gasteiger partial charge in [-0.2, -0.15) is 0 Å². The van der Waals surface area contributed by atoms with Gasteiger partial charge in [0.15, 0.2) is 0 Å². The molecule has 9 heteroatoms. The summed E-state index contributed by atoms with van der Waals surface area (Å²) in [6.45, 7) is -0.205. The maximum absolute atomic E-state index is 12.0. The molecule has 0 bridgehead atoms. The number of halogens is 3. The Balaban J connectivity index is 2.86. The first-order valence-corrected chi connectivity index (χ1v) is 6.69. The zero-order valence-corrected chi connectivity index (χ0v) is 10.5. The minimum Gasteiger partial charge on any atom is -0.406 e. The lowest BCUT2D eigenvalue weighted by atomic mass is 10.3. The van der Waals surface area contributed by atoms with E-state index in [-0.39, 0.29) is 24.5 Å². The van der Waals surface area contributed by atoms with Crippen LogP contribution in [0.1, 0.15) is 6.42 Å². The molecular weight excluding hydrogens is 287 g/mol. The molecule has 108 valence electrons. The van der Waals surface area contributed by atoms with E-state index in [1.807, 2.05) is 0 Å². The van der Waals surface area contributed by atoms with Crippen molar-refractivity contribution in [3.8, 4) is 5.75 Å². The molecule has 0 aliphatic heterocycles. The number of ether oxygens (including phenoxy) is 1. The van der Waals surface area contributed by atoms with Crippen molar-refractivity contribution in [3.05, 3.63) is 24.3 Å². The van der Waals surface area contributed by atoms with Crippen LogP contribution in [-0.4, -0.2) is 33.0 Å². The SMILES string of the molecule is O=S(=O)(NCCCO)c1cccc(OC(F)(F)F)c1. The van der Waals surface area contributed by atoms with Gasteiger partial charge in [-0.15, -0.1) is 13.2 Å². The van der Waals surface area contributed by atoms with Gasteiger partial charge in [-0.1, -0.05) is 6.07 Å². The topological polar surface area (TPSA) is 75.6 Å². The molecule has 0 fully saturated rings. The summed E-state index contributed by atoms with van der Waals surface area (Å²) in [7, 11) is -3.92. The van der Waals surface area contributed by atoms with Crippen molar-refractivity contribution in [3.63, 3.8) is 0 Å². The van der Waals surface area contributed by atoms with Crippen molar-refractivity contribution < 1.29 is 31.4 Å². The number of benzene rings is 1. The molecule has 5 nitrogen and oxygen atoms in total. The van der Waals surface area contributed by atoms with Crippen molar-refractivity contribution in [2.45, 2.75) is 17.7 Å². The van der Waals surface area contributed by atoms with Crippen LogP contribution in [-0.2, 0) is 10.0 Å². The van der Waals surface area contributed by atoms with Crippen LogP contribution >= 0.6 is 0 Å². The molecule has 0 saturated carbocycles. The van der Waals surface area contributed by atoms with Crippen LogP contribution in [0.3, 0.4) is 0 Å². The van der Waals surface area contributed by atoms with Crippen LogP contribution < -0.4 is 9.46 Å². The number of rotatable bonds is 6. The Bertz CT molecular complexity index is 516. The van der Waals surface area contributed by atoms with Crippen molar-refractivity contribution >= 4 is 10.0 Å². The third-order valence-corrected chi connectivity index (χ3v) is 3.44. The second kappa shape index (κ2) is 6.22. The number of aliphatic hydroxyl groups excluding tert-OH is 1. The van der Waals surface area contributed by atoms with Crippen LogP contribution in [0.2, 0.25) is 0 Å². The lowest BCUT2D eigenvalue weighted by Gasteiger charge is -2.10. The van der Waals surface area contributed by atoms with Gasteiger partial charge in [0.25, 0.3) is 0 Å². The predicted molar refractivity (Wildman–Crippen MR) is 60.0 cm³/mol. The van der Waals surface area contributed by atoms with Crippen LogP contribution in [0.15, 0.2) is 29.2 Å². The van der Waals surface area contributed by atoms with Crippen molar-refractivity contribution in [2.75, 3.05) is 13.2 Å². The number of hydrogen-bond donors (Lipinski definition) is 2. The summed E-state index contributed by atoms with van der Waals surface area (Å²) >= 11 is 0. The molecule has 1 rings (SSSR count). The van der Waals surface area contributed by atoms with Gasteiger partial charge in [0.1, 0.15) is 5.75 Å². The third-order valence-electron chi connectivity index (χ3n) is 1.98. The lowest BCUT2D eigenvalue weighted by molar-refractivity contribution is -0.274. The van der Waals surface area contributed by atoms with Gasteiger partial charge in [0.2, 0.25) is 10.0 Å². The first-order valence-electron chi connectivity index (χ1n) is 5.21. The highest BCUT2D eigenvalue weighted by Gasteiger charge is 2.31. The third kappa shape index (κ3) is 5.45. The first kappa shape index (κ1) is 15.7. The van der Waals surface area contributed by atoms with Gasteiger partial charge < -0.3 is 9.84 Å². The highest BCUT2D eigenvalue weighted by atomic mass is 32.2. The summed E-state index contributed by atoms with van der Waals surface area (Å²) in [6.07, 6.45) is -4.68. The zero-order chi connectivity index (χ0) is 14.5. The Morgan fingerprint density at radius 2 is 2.00 bits per heavy atom. The maximum Gasteiger partial charge on any atom is 0.573 e. The van der Waals surface area contributed by atoms with E-state index < -0.39 is 22.1 Å². The van der Waals surface area contributed by atoms with Crippen LogP contribution in [0, 0.1) is 0 Å². The predicted octanol–water partition coefficient (Wildman–Crippen LogP) is 1.25. The summed E-state index contributed by atoms with van der Waals surface area (Å²) in [5.41, 5.74) is 0. The summed E-state index contributed by atoms with van der Waals surface area (Å²) in [6, 6.07) is 4.06. The highest BCUT2D eigenvalue weighted by molar-refractivity contribution is 7.89. The minimum absolute atomic E-state index is 0.0107. The normalized spacial score (nSPS) is 12.4. The molecule has 1 aromatic rings. The molecule has 0 aromatic heterocycles. The number of aliphatic hydroxyl groups is 1. The zero-order valence-electron chi connectivity index (χ0n) is 9.64. The summed E-state index contributed by atoms with van der Waals surface area (Å²) in [5.74, 6) is -0.613. The second-order valence-corrected chi connectivity index (χ2v) is 5.26.